The summed E-state index contributed by atoms with van der Waals surface area (Å²) in [7, 11) is -4.00. The van der Waals surface area contributed by atoms with Crippen LogP contribution in [0.4, 0.5) is 5.69 Å². The maximum absolute atomic E-state index is 12.7. The Morgan fingerprint density at radius 3 is 2.03 bits per heavy atom. The van der Waals surface area contributed by atoms with Crippen LogP contribution in [-0.2, 0) is 16.6 Å². The van der Waals surface area contributed by atoms with Crippen molar-refractivity contribution >= 4 is 15.7 Å². The molecule has 4 rings (SSSR count). The highest BCUT2D eigenvalue weighted by molar-refractivity contribution is 7.92. The zero-order chi connectivity index (χ0) is 21.8. The third kappa shape index (κ3) is 4.49. The molecule has 3 N–H and O–H groups in total. The predicted octanol–water partition coefficient (Wildman–Crippen LogP) is 4.00. The van der Waals surface area contributed by atoms with Crippen LogP contribution in [0.3, 0.4) is 0 Å². The van der Waals surface area contributed by atoms with Crippen LogP contribution >= 0.6 is 0 Å². The maximum Gasteiger partial charge on any atom is 0.262 e. The number of rotatable bonds is 7. The van der Waals surface area contributed by atoms with E-state index in [1.54, 1.807) is 12.1 Å². The molecular weight excluding hydrogens is 416 g/mol. The molecule has 0 amide bonds. The van der Waals surface area contributed by atoms with E-state index >= 15 is 0 Å². The van der Waals surface area contributed by atoms with Crippen molar-refractivity contribution in [2.45, 2.75) is 11.5 Å². The Hall–Kier alpha value is -3.91. The molecule has 8 heteroatoms. The molecular formula is C23H20N2O5S. The number of aromatic nitrogens is 1. The van der Waals surface area contributed by atoms with E-state index in [2.05, 4.69) is 4.72 Å². The van der Waals surface area contributed by atoms with Gasteiger partial charge >= 0.3 is 0 Å². The lowest BCUT2D eigenvalue weighted by molar-refractivity contribution is 0.0647. The largest absolute Gasteiger partial charge is 0.492 e. The maximum atomic E-state index is 12.7. The summed E-state index contributed by atoms with van der Waals surface area (Å²) in [6.07, 6.45) is 0. The van der Waals surface area contributed by atoms with Gasteiger partial charge < -0.3 is 15.1 Å². The minimum absolute atomic E-state index is 0.0176. The normalized spacial score (nSPS) is 11.2. The molecule has 0 fully saturated rings. The van der Waals surface area contributed by atoms with E-state index in [1.165, 1.54) is 12.1 Å². The number of anilines is 1. The van der Waals surface area contributed by atoms with Gasteiger partial charge in [-0.3, -0.25) is 4.72 Å². The predicted molar refractivity (Wildman–Crippen MR) is 117 cm³/mol. The molecule has 0 radical (unpaired) electrons. The van der Waals surface area contributed by atoms with Crippen molar-refractivity contribution in [2.24, 2.45) is 0 Å². The summed E-state index contributed by atoms with van der Waals surface area (Å²) < 4.78 is 28.5. The molecule has 158 valence electrons. The third-order valence-electron chi connectivity index (χ3n) is 4.63. The van der Waals surface area contributed by atoms with Gasteiger partial charge in [0, 0.05) is 6.07 Å². The quantitative estimate of drug-likeness (QED) is 0.407. The second kappa shape index (κ2) is 8.45. The number of hydrogen-bond acceptors (Lipinski definition) is 5. The van der Waals surface area contributed by atoms with Gasteiger partial charge in [-0.05, 0) is 28.8 Å². The van der Waals surface area contributed by atoms with Gasteiger partial charge in [-0.1, -0.05) is 72.8 Å². The summed E-state index contributed by atoms with van der Waals surface area (Å²) in [6, 6.07) is 26.2. The molecule has 0 aliphatic rings. The standard InChI is InChI=1S/C23H20N2O5S/c26-22-15-21(23(27)25(22)30-16-17-7-3-1-4-8-17)24-31(28,29)20-13-11-19(12-14-20)18-9-5-2-6-10-18/h1-15,24,26-27H,16H2. The molecule has 0 spiro atoms. The highest BCUT2D eigenvalue weighted by Crippen LogP contribution is 2.33. The number of nitrogens with one attached hydrogen (secondary N) is 1. The average molecular weight is 436 g/mol. The molecule has 7 nitrogen and oxygen atoms in total. The Bertz CT molecular complexity index is 1270. The zero-order valence-electron chi connectivity index (χ0n) is 16.3. The molecule has 0 saturated carbocycles. The fourth-order valence-electron chi connectivity index (χ4n) is 3.05. The number of hydrogen-bond donors (Lipinski definition) is 3. The highest BCUT2D eigenvalue weighted by Gasteiger charge is 2.22. The highest BCUT2D eigenvalue weighted by atomic mass is 32.2. The van der Waals surface area contributed by atoms with Gasteiger partial charge in [-0.15, -0.1) is 4.73 Å². The van der Waals surface area contributed by atoms with Crippen LogP contribution in [0.15, 0.2) is 95.9 Å². The Labute approximate surface area is 179 Å². The number of nitrogens with zero attached hydrogens (tertiary/aromatic N) is 1. The van der Waals surface area contributed by atoms with E-state index < -0.39 is 21.8 Å². The SMILES string of the molecule is O=S(=O)(Nc1cc(O)n(OCc2ccccc2)c1O)c1ccc(-c2ccccc2)cc1. The van der Waals surface area contributed by atoms with Gasteiger partial charge in [-0.25, -0.2) is 8.42 Å². The lowest BCUT2D eigenvalue weighted by Gasteiger charge is -2.10. The number of aromatic hydroxyl groups is 2. The van der Waals surface area contributed by atoms with Gasteiger partial charge in [0.05, 0.1) is 4.90 Å². The summed E-state index contributed by atoms with van der Waals surface area (Å²) >= 11 is 0. The second-order valence-corrected chi connectivity index (χ2v) is 8.47. The molecule has 0 aliphatic carbocycles. The van der Waals surface area contributed by atoms with Gasteiger partial charge in [0.2, 0.25) is 5.88 Å². The zero-order valence-corrected chi connectivity index (χ0v) is 17.2. The summed E-state index contributed by atoms with van der Waals surface area (Å²) in [5.41, 5.74) is 2.46. The van der Waals surface area contributed by atoms with E-state index in [9.17, 15) is 18.6 Å². The van der Waals surface area contributed by atoms with Crippen molar-refractivity contribution in [3.63, 3.8) is 0 Å². The van der Waals surface area contributed by atoms with Crippen molar-refractivity contribution in [3.8, 4) is 22.9 Å². The molecule has 1 heterocycles. The van der Waals surface area contributed by atoms with E-state index in [-0.39, 0.29) is 17.2 Å². The summed E-state index contributed by atoms with van der Waals surface area (Å²) in [6.45, 7) is 0.0732. The van der Waals surface area contributed by atoms with E-state index in [0.29, 0.717) is 0 Å². The minimum atomic E-state index is -4.00. The molecule has 31 heavy (non-hydrogen) atoms. The first-order chi connectivity index (χ1) is 14.9. The van der Waals surface area contributed by atoms with Crippen LogP contribution in [-0.4, -0.2) is 23.4 Å². The molecule has 0 bridgehead atoms. The molecule has 3 aromatic carbocycles. The van der Waals surface area contributed by atoms with Gasteiger partial charge in [0.1, 0.15) is 12.3 Å². The van der Waals surface area contributed by atoms with Gasteiger partial charge in [0.15, 0.2) is 0 Å². The fraction of sp³-hybridized carbons (Fsp3) is 0.0435. The van der Waals surface area contributed by atoms with Crippen molar-refractivity contribution in [1.29, 1.82) is 0 Å². The van der Waals surface area contributed by atoms with Crippen LogP contribution in [0.25, 0.3) is 11.1 Å². The molecule has 0 saturated heterocycles. The van der Waals surface area contributed by atoms with Crippen LogP contribution in [0.1, 0.15) is 5.56 Å². The summed E-state index contributed by atoms with van der Waals surface area (Å²) in [5, 5.41) is 20.4. The van der Waals surface area contributed by atoms with Crippen LogP contribution in [0, 0.1) is 0 Å². The van der Waals surface area contributed by atoms with Crippen LogP contribution in [0.5, 0.6) is 11.8 Å². The van der Waals surface area contributed by atoms with Gasteiger partial charge in [-0.2, -0.15) is 0 Å². The molecule has 0 atom stereocenters. The lowest BCUT2D eigenvalue weighted by atomic mass is 10.1. The summed E-state index contributed by atoms with van der Waals surface area (Å²) in [4.78, 5) is 5.42. The van der Waals surface area contributed by atoms with E-state index in [0.717, 1.165) is 27.5 Å². The second-order valence-electron chi connectivity index (χ2n) is 6.79. The van der Waals surface area contributed by atoms with E-state index in [4.69, 9.17) is 4.84 Å². The summed E-state index contributed by atoms with van der Waals surface area (Å²) in [5.74, 6) is -0.997. The first-order valence-corrected chi connectivity index (χ1v) is 10.9. The Morgan fingerprint density at radius 1 is 0.806 bits per heavy atom. The Kier molecular flexibility index (Phi) is 5.55. The Balaban J connectivity index is 1.52. The minimum Gasteiger partial charge on any atom is -0.492 e. The van der Waals surface area contributed by atoms with Crippen LogP contribution < -0.4 is 9.56 Å². The molecule has 0 unspecified atom stereocenters. The van der Waals surface area contributed by atoms with E-state index in [1.807, 2.05) is 60.7 Å². The molecule has 0 aliphatic heterocycles. The Morgan fingerprint density at radius 2 is 1.39 bits per heavy atom. The lowest BCUT2D eigenvalue weighted by Crippen LogP contribution is -2.13. The topological polar surface area (TPSA) is 101 Å². The number of sulfonamides is 1. The van der Waals surface area contributed by atoms with Gasteiger partial charge in [0.25, 0.3) is 15.9 Å². The first-order valence-electron chi connectivity index (χ1n) is 9.43. The van der Waals surface area contributed by atoms with Crippen molar-refractivity contribution in [1.82, 2.24) is 4.73 Å². The van der Waals surface area contributed by atoms with Crippen LogP contribution in [0.2, 0.25) is 0 Å². The molecule has 1 aromatic heterocycles. The van der Waals surface area contributed by atoms with Crippen molar-refractivity contribution < 1.29 is 23.5 Å². The fourth-order valence-corrected chi connectivity index (χ4v) is 4.10. The van der Waals surface area contributed by atoms with Crippen molar-refractivity contribution in [2.75, 3.05) is 4.72 Å². The smallest absolute Gasteiger partial charge is 0.262 e. The monoisotopic (exact) mass is 436 g/mol. The molecule has 4 aromatic rings. The number of benzene rings is 3. The third-order valence-corrected chi connectivity index (χ3v) is 6.02. The van der Waals surface area contributed by atoms with Crippen molar-refractivity contribution in [3.05, 3.63) is 96.6 Å². The average Bonchev–Trinajstić information content (AvgIpc) is 3.05. The first kappa shape index (κ1) is 20.4.